The summed E-state index contributed by atoms with van der Waals surface area (Å²) in [6.07, 6.45) is 5.36. The normalized spacial score (nSPS) is 16.6. The lowest BCUT2D eigenvalue weighted by atomic mass is 9.99. The minimum absolute atomic E-state index is 0.00426. The van der Waals surface area contributed by atoms with Gasteiger partial charge in [-0.05, 0) is 48.6 Å². The molecule has 2 atom stereocenters. The molecule has 12 heteroatoms. The van der Waals surface area contributed by atoms with E-state index in [-0.39, 0.29) is 18.9 Å². The van der Waals surface area contributed by atoms with Crippen molar-refractivity contribution in [1.29, 1.82) is 5.26 Å². The summed E-state index contributed by atoms with van der Waals surface area (Å²) in [5, 5.41) is 19.1. The Morgan fingerprint density at radius 1 is 1.09 bits per heavy atom. The number of nitriles is 1. The highest BCUT2D eigenvalue weighted by Gasteiger charge is 2.67. The van der Waals surface area contributed by atoms with Gasteiger partial charge in [0.1, 0.15) is 6.07 Å². The van der Waals surface area contributed by atoms with Crippen LogP contribution in [0.1, 0.15) is 60.5 Å². The molecule has 0 spiro atoms. The minimum atomic E-state index is -4.41. The fourth-order valence-electron chi connectivity index (χ4n) is 6.13. The van der Waals surface area contributed by atoms with Crippen molar-refractivity contribution in [2.24, 2.45) is 0 Å². The van der Waals surface area contributed by atoms with E-state index in [9.17, 15) is 18.4 Å². The topological polar surface area (TPSA) is 101 Å². The maximum Gasteiger partial charge on any atom is 0.413 e. The largest absolute Gasteiger partial charge is 0.413 e. The number of thiazole rings is 1. The molecule has 2 aliphatic rings. The fraction of sp³-hybridized carbons (Fsp3) is 0.229. The van der Waals surface area contributed by atoms with Crippen LogP contribution < -0.4 is 21.6 Å². The highest BCUT2D eigenvalue weighted by molar-refractivity contribution is 7.17. The highest BCUT2D eigenvalue weighted by Crippen LogP contribution is 2.54. The molecule has 1 aliphatic carbocycles. The van der Waals surface area contributed by atoms with Gasteiger partial charge in [0.25, 0.3) is 0 Å². The van der Waals surface area contributed by atoms with E-state index in [4.69, 9.17) is 6.42 Å². The fourth-order valence-corrected chi connectivity index (χ4v) is 6.96. The number of halogens is 3. The molecule has 1 aliphatic heterocycles. The molecule has 2 aromatic heterocycles. The maximum absolute atomic E-state index is 14.1. The molecular weight excluding hydrogens is 622 g/mol. The summed E-state index contributed by atoms with van der Waals surface area (Å²) in [4.78, 5) is 9.01. The van der Waals surface area contributed by atoms with E-state index < -0.39 is 17.8 Å². The number of hydrazine groups is 2. The molecule has 3 heterocycles. The number of rotatable bonds is 9. The number of fused-ring (bicyclic) bond motifs is 2. The molecule has 0 saturated heterocycles. The highest BCUT2D eigenvalue weighted by atomic mass is 32.1. The van der Waals surface area contributed by atoms with E-state index in [0.717, 1.165) is 32.8 Å². The molecule has 0 bridgehead atoms. The number of terminal acetylenes is 1. The summed E-state index contributed by atoms with van der Waals surface area (Å²) in [6, 6.07) is 20.8. The van der Waals surface area contributed by atoms with Crippen molar-refractivity contribution in [3.63, 3.8) is 0 Å². The number of alkyl halides is 3. The third-order valence-electron chi connectivity index (χ3n) is 8.80. The number of hydrogen-bond donors (Lipinski definition) is 4. The van der Waals surface area contributed by atoms with E-state index in [1.807, 2.05) is 54.6 Å². The molecule has 236 valence electrons. The molecule has 8 nitrogen and oxygen atoms in total. The lowest BCUT2D eigenvalue weighted by Gasteiger charge is -2.28. The molecule has 0 amide bonds. The lowest BCUT2D eigenvalue weighted by molar-refractivity contribution is -0.195. The zero-order chi connectivity index (χ0) is 32.8. The Hall–Kier alpha value is -5.30. The first-order valence-electron chi connectivity index (χ1n) is 15.1. The second-order valence-electron chi connectivity index (χ2n) is 11.6. The second kappa shape index (κ2) is 11.8. The van der Waals surface area contributed by atoms with Crippen molar-refractivity contribution >= 4 is 43.8 Å². The number of aromatic nitrogens is 2. The van der Waals surface area contributed by atoms with E-state index >= 15 is 0 Å². The molecule has 7 rings (SSSR count). The van der Waals surface area contributed by atoms with Crippen LogP contribution in [-0.2, 0) is 0 Å². The van der Waals surface area contributed by atoms with Crippen LogP contribution in [0.15, 0.2) is 84.3 Å². The van der Waals surface area contributed by atoms with Gasteiger partial charge in [-0.2, -0.15) is 18.4 Å². The third kappa shape index (κ3) is 5.35. The Balaban J connectivity index is 1.34. The molecule has 5 aromatic rings. The van der Waals surface area contributed by atoms with Crippen molar-refractivity contribution in [1.82, 2.24) is 25.9 Å². The molecule has 0 unspecified atom stereocenters. The van der Waals surface area contributed by atoms with Crippen LogP contribution in [0.2, 0.25) is 0 Å². The molecule has 1 fully saturated rings. The van der Waals surface area contributed by atoms with Gasteiger partial charge in [-0.3, -0.25) is 9.99 Å². The number of pyridine rings is 1. The first-order chi connectivity index (χ1) is 22.8. The zero-order valence-corrected chi connectivity index (χ0v) is 26.0. The van der Waals surface area contributed by atoms with Crippen molar-refractivity contribution in [3.8, 4) is 18.4 Å². The summed E-state index contributed by atoms with van der Waals surface area (Å²) >= 11 is 1.44. The number of hydrogen-bond acceptors (Lipinski definition) is 9. The standard InChI is InChI=1S/C35H29F3N8S/c1-3-21-18-40-30-23(17-39)15-24(16-26(30)31(21)43-27(4-2)22-9-6-5-7-10-22)42-32(25-11-8-12-28-33(25)47-20-41-28)29-19-46(45-44-29)34(13-14-34)35(36,37)38/h1,5-12,15-16,18-20,27,32,42,44-45H,4,13-14H2,2H3,(H,40,43)/t27-,32+/m1/s1. The predicted octanol–water partition coefficient (Wildman–Crippen LogP) is 7.67. The van der Waals surface area contributed by atoms with E-state index in [1.54, 1.807) is 17.8 Å². The molecule has 47 heavy (non-hydrogen) atoms. The van der Waals surface area contributed by atoms with Crippen LogP contribution in [0.5, 0.6) is 0 Å². The van der Waals surface area contributed by atoms with E-state index in [1.165, 1.54) is 17.5 Å². The quantitative estimate of drug-likeness (QED) is 0.121. The van der Waals surface area contributed by atoms with Gasteiger partial charge in [0.15, 0.2) is 5.54 Å². The first-order valence-corrected chi connectivity index (χ1v) is 16.0. The number of nitrogens with zero attached hydrogens (tertiary/aromatic N) is 4. The van der Waals surface area contributed by atoms with Crippen LogP contribution in [0, 0.1) is 23.7 Å². The van der Waals surface area contributed by atoms with Gasteiger partial charge in [-0.25, -0.2) is 4.98 Å². The molecule has 3 aromatic carbocycles. The van der Waals surface area contributed by atoms with Gasteiger partial charge in [0.05, 0.1) is 55.8 Å². The van der Waals surface area contributed by atoms with Gasteiger partial charge in [0, 0.05) is 23.5 Å². The molecular formula is C35H29F3N8S. The predicted molar refractivity (Wildman–Crippen MR) is 178 cm³/mol. The van der Waals surface area contributed by atoms with Crippen LogP contribution >= 0.6 is 11.3 Å². The Morgan fingerprint density at radius 2 is 1.89 bits per heavy atom. The van der Waals surface area contributed by atoms with Crippen LogP contribution in [0.25, 0.3) is 21.1 Å². The Bertz CT molecular complexity index is 2090. The third-order valence-corrected chi connectivity index (χ3v) is 9.69. The van der Waals surface area contributed by atoms with Gasteiger partial charge >= 0.3 is 6.18 Å². The SMILES string of the molecule is C#Cc1cnc2c(C#N)cc(N[C@H](C3=CN(C4(C(F)(F)F)CC4)NN3)c3cccc4ncsc34)cc2c1N[C@H](CC)c1ccccc1. The summed E-state index contributed by atoms with van der Waals surface area (Å²) in [7, 11) is 0. The Kier molecular flexibility index (Phi) is 7.63. The summed E-state index contributed by atoms with van der Waals surface area (Å²) in [5.41, 5.74) is 11.2. The van der Waals surface area contributed by atoms with Crippen molar-refractivity contribution in [3.05, 3.63) is 107 Å². The summed E-state index contributed by atoms with van der Waals surface area (Å²) in [6.45, 7) is 2.08. The average molecular weight is 651 g/mol. The second-order valence-corrected chi connectivity index (χ2v) is 12.4. The number of benzene rings is 3. The van der Waals surface area contributed by atoms with Crippen molar-refractivity contribution in [2.75, 3.05) is 10.6 Å². The van der Waals surface area contributed by atoms with Crippen LogP contribution in [0.4, 0.5) is 24.5 Å². The molecule has 0 radical (unpaired) electrons. The van der Waals surface area contributed by atoms with Crippen molar-refractivity contribution in [2.45, 2.75) is 50.0 Å². The molecule has 4 N–H and O–H groups in total. The first kappa shape index (κ1) is 30.4. The summed E-state index contributed by atoms with van der Waals surface area (Å²) < 4.78 is 43.0. The monoisotopic (exact) mass is 650 g/mol. The van der Waals surface area contributed by atoms with Gasteiger partial charge < -0.3 is 16.1 Å². The average Bonchev–Trinajstić information content (AvgIpc) is 3.52. The zero-order valence-electron chi connectivity index (χ0n) is 25.2. The summed E-state index contributed by atoms with van der Waals surface area (Å²) in [5.74, 6) is 2.73. The van der Waals surface area contributed by atoms with E-state index in [2.05, 4.69) is 50.5 Å². The maximum atomic E-state index is 14.1. The van der Waals surface area contributed by atoms with Crippen molar-refractivity contribution < 1.29 is 13.2 Å². The van der Waals surface area contributed by atoms with Crippen LogP contribution in [0.3, 0.4) is 0 Å². The smallest absolute Gasteiger partial charge is 0.377 e. The number of nitrogens with one attached hydrogen (secondary N) is 4. The Labute approximate surface area is 273 Å². The van der Waals surface area contributed by atoms with Gasteiger partial charge in [-0.15, -0.1) is 23.3 Å². The Morgan fingerprint density at radius 3 is 2.60 bits per heavy atom. The molecule has 1 saturated carbocycles. The lowest BCUT2D eigenvalue weighted by Crippen LogP contribution is -2.52. The number of anilines is 2. The minimum Gasteiger partial charge on any atom is -0.377 e. The van der Waals surface area contributed by atoms with Crippen LogP contribution in [-0.4, -0.2) is 26.7 Å². The van der Waals surface area contributed by atoms with Gasteiger partial charge in [0.2, 0.25) is 0 Å². The van der Waals surface area contributed by atoms with Gasteiger partial charge in [-0.1, -0.05) is 55.3 Å². The van der Waals surface area contributed by atoms with E-state index in [0.29, 0.717) is 39.1 Å².